The summed E-state index contributed by atoms with van der Waals surface area (Å²) in [6, 6.07) is 9.20. The molecule has 264 valence electrons. The molecule has 1 fully saturated rings. The van der Waals surface area contributed by atoms with Gasteiger partial charge < -0.3 is 39.4 Å². The van der Waals surface area contributed by atoms with E-state index in [-0.39, 0.29) is 45.8 Å². The molecule has 10 heteroatoms. The number of aromatic hydroxyl groups is 3. The van der Waals surface area contributed by atoms with Gasteiger partial charge in [0.15, 0.2) is 17.6 Å². The van der Waals surface area contributed by atoms with Gasteiger partial charge in [0.25, 0.3) is 0 Å². The lowest BCUT2D eigenvalue weighted by atomic mass is 9.67. The van der Waals surface area contributed by atoms with Gasteiger partial charge in [-0.05, 0) is 97.1 Å². The number of aliphatic hydroxyl groups is 1. The minimum atomic E-state index is -1.03. The summed E-state index contributed by atoms with van der Waals surface area (Å²) in [5, 5.41) is 45.9. The first-order valence-electron chi connectivity index (χ1n) is 17.6. The van der Waals surface area contributed by atoms with Gasteiger partial charge in [-0.3, -0.25) is 0 Å². The highest BCUT2D eigenvalue weighted by Crippen LogP contribution is 2.60. The van der Waals surface area contributed by atoms with Crippen molar-refractivity contribution in [2.24, 2.45) is 17.8 Å². The van der Waals surface area contributed by atoms with Crippen LogP contribution in [0.3, 0.4) is 0 Å². The molecule has 2 heterocycles. The third-order valence-corrected chi connectivity index (χ3v) is 14.2. The van der Waals surface area contributed by atoms with Crippen molar-refractivity contribution in [3.8, 4) is 51.4 Å². The van der Waals surface area contributed by atoms with E-state index in [1.54, 1.807) is 19.2 Å². The number of benzene rings is 3. The fraction of sp³-hybridized carbons (Fsp3) is 0.538. The van der Waals surface area contributed by atoms with Crippen molar-refractivity contribution >= 4 is 21.6 Å². The van der Waals surface area contributed by atoms with Crippen LogP contribution in [0.25, 0.3) is 11.1 Å². The van der Waals surface area contributed by atoms with E-state index in [1.165, 1.54) is 7.11 Å². The molecule has 2 aliphatic heterocycles. The molecule has 8 nitrogen and oxygen atoms in total. The molecule has 4 aliphatic rings. The fourth-order valence-corrected chi connectivity index (χ4v) is 11.7. The van der Waals surface area contributed by atoms with Crippen molar-refractivity contribution in [2.75, 3.05) is 26.6 Å². The Morgan fingerprint density at radius 3 is 2.53 bits per heavy atom. The van der Waals surface area contributed by atoms with Crippen LogP contribution in [0.1, 0.15) is 93.1 Å². The quantitative estimate of drug-likeness (QED) is 0.178. The van der Waals surface area contributed by atoms with Crippen molar-refractivity contribution < 1.29 is 39.4 Å². The van der Waals surface area contributed by atoms with Crippen molar-refractivity contribution in [3.63, 3.8) is 0 Å². The van der Waals surface area contributed by atoms with E-state index in [0.29, 0.717) is 41.4 Å². The SMILES string of the molecule is COc1cc2c3c4c1-c1ccc(O)cc1[C@@H](C4)C[C@@H]1CC[C@H](SSCC[C@H]1C)[C@H]3[C@@H](O)[C@H](c1cc(OCCC(C)C)c(O)c(OC)c1O)O2. The van der Waals surface area contributed by atoms with E-state index < -0.39 is 12.2 Å². The fourth-order valence-electron chi connectivity index (χ4n) is 8.56. The Labute approximate surface area is 296 Å². The van der Waals surface area contributed by atoms with Crippen LogP contribution < -0.4 is 18.9 Å². The van der Waals surface area contributed by atoms with E-state index in [0.717, 1.165) is 72.1 Å². The standard InChI is InChI=1S/C39H48O8S2/c1-19(2)10-12-46-30-17-27(35(41)39(45-5)36(30)42)38-37(43)34-31-9-6-21(20(3)11-13-48-49-31)14-22-15-26-32(24-8-7-23(40)16-25(22)24)28(44-4)18-29(47-38)33(26)34/h7-8,16-22,31,34,37-38,40-43H,6,9-15H2,1-5H3/t20-,21+,22-,31+,34-,37-,38+/m1/s1. The van der Waals surface area contributed by atoms with Gasteiger partial charge >= 0.3 is 0 Å². The second-order valence-corrected chi connectivity index (χ2v) is 17.3. The molecule has 2 aliphatic carbocycles. The lowest BCUT2D eigenvalue weighted by Gasteiger charge is -2.45. The molecule has 0 radical (unpaired) electrons. The van der Waals surface area contributed by atoms with E-state index in [1.807, 2.05) is 39.8 Å². The molecule has 4 bridgehead atoms. The minimum absolute atomic E-state index is 0.0797. The summed E-state index contributed by atoms with van der Waals surface area (Å²) in [6.07, 6.45) is 3.66. The topological polar surface area (TPSA) is 118 Å². The van der Waals surface area contributed by atoms with Crippen LogP contribution >= 0.6 is 21.6 Å². The first-order valence-corrected chi connectivity index (χ1v) is 19.9. The van der Waals surface area contributed by atoms with Crippen molar-refractivity contribution in [1.82, 2.24) is 0 Å². The van der Waals surface area contributed by atoms with Crippen LogP contribution in [-0.2, 0) is 6.42 Å². The Morgan fingerprint density at radius 2 is 1.78 bits per heavy atom. The maximum atomic E-state index is 12.6. The molecule has 1 saturated heterocycles. The van der Waals surface area contributed by atoms with Gasteiger partial charge in [0.05, 0.1) is 20.8 Å². The molecule has 7 atom stereocenters. The molecule has 0 aromatic heterocycles. The summed E-state index contributed by atoms with van der Waals surface area (Å²) in [6.45, 7) is 6.96. The Kier molecular flexibility index (Phi) is 9.76. The van der Waals surface area contributed by atoms with Crippen LogP contribution in [0.5, 0.6) is 40.2 Å². The number of hydrogen-bond donors (Lipinski definition) is 4. The van der Waals surface area contributed by atoms with Crippen molar-refractivity contribution in [3.05, 3.63) is 52.6 Å². The van der Waals surface area contributed by atoms with E-state index >= 15 is 0 Å². The van der Waals surface area contributed by atoms with E-state index in [9.17, 15) is 20.4 Å². The number of ether oxygens (including phenoxy) is 4. The summed E-state index contributed by atoms with van der Waals surface area (Å²) in [5.41, 5.74) is 5.64. The largest absolute Gasteiger partial charge is 0.508 e. The Balaban J connectivity index is 1.44. The van der Waals surface area contributed by atoms with Gasteiger partial charge in [-0.1, -0.05) is 48.4 Å². The summed E-state index contributed by atoms with van der Waals surface area (Å²) >= 11 is 0. The van der Waals surface area contributed by atoms with Gasteiger partial charge in [0.1, 0.15) is 23.4 Å². The Bertz CT molecular complexity index is 1710. The molecule has 3 aromatic rings. The number of fused-ring (bicyclic) bond motifs is 8. The van der Waals surface area contributed by atoms with Gasteiger partial charge in [0.2, 0.25) is 11.5 Å². The van der Waals surface area contributed by atoms with Gasteiger partial charge in [-0.25, -0.2) is 0 Å². The van der Waals surface area contributed by atoms with E-state index in [2.05, 4.69) is 20.8 Å². The zero-order chi connectivity index (χ0) is 34.6. The maximum Gasteiger partial charge on any atom is 0.207 e. The predicted molar refractivity (Wildman–Crippen MR) is 195 cm³/mol. The third kappa shape index (κ3) is 6.16. The van der Waals surface area contributed by atoms with Gasteiger partial charge in [-0.15, -0.1) is 0 Å². The number of aliphatic hydroxyl groups excluding tert-OH is 1. The number of hydrogen-bond acceptors (Lipinski definition) is 10. The molecule has 4 N–H and O–H groups in total. The first-order chi connectivity index (χ1) is 23.6. The molecule has 0 unspecified atom stereocenters. The lowest BCUT2D eigenvalue weighted by molar-refractivity contribution is -0.00376. The maximum absolute atomic E-state index is 12.6. The monoisotopic (exact) mass is 708 g/mol. The minimum Gasteiger partial charge on any atom is -0.508 e. The predicted octanol–water partition coefficient (Wildman–Crippen LogP) is 8.72. The van der Waals surface area contributed by atoms with Crippen LogP contribution in [-0.4, -0.2) is 58.4 Å². The summed E-state index contributed by atoms with van der Waals surface area (Å²) in [7, 11) is 6.81. The molecule has 0 saturated carbocycles. The summed E-state index contributed by atoms with van der Waals surface area (Å²) in [4.78, 5) is 0. The number of phenols is 3. The molecular weight excluding hydrogens is 661 g/mol. The van der Waals surface area contributed by atoms with Gasteiger partial charge in [0, 0.05) is 39.7 Å². The zero-order valence-corrected chi connectivity index (χ0v) is 30.5. The molecule has 49 heavy (non-hydrogen) atoms. The molecule has 7 rings (SSSR count). The van der Waals surface area contributed by atoms with Crippen LogP contribution in [0.15, 0.2) is 30.3 Å². The molecular formula is C39H48O8S2. The molecule has 0 spiro atoms. The van der Waals surface area contributed by atoms with Crippen molar-refractivity contribution in [1.29, 1.82) is 0 Å². The summed E-state index contributed by atoms with van der Waals surface area (Å²) < 4.78 is 24.4. The van der Waals surface area contributed by atoms with Crippen molar-refractivity contribution in [2.45, 2.75) is 88.6 Å². The molecule has 3 aromatic carbocycles. The third-order valence-electron chi connectivity index (χ3n) is 11.2. The Hall–Kier alpha value is -3.08. The first kappa shape index (κ1) is 34.4. The average Bonchev–Trinajstić information content (AvgIpc) is 3.16. The zero-order valence-electron chi connectivity index (χ0n) is 28.9. The highest BCUT2D eigenvalue weighted by molar-refractivity contribution is 8.76. The normalized spacial score (nSPS) is 27.3. The number of methoxy groups -OCH3 is 2. The van der Waals surface area contributed by atoms with E-state index in [4.69, 9.17) is 18.9 Å². The highest BCUT2D eigenvalue weighted by atomic mass is 33.1. The summed E-state index contributed by atoms with van der Waals surface area (Å²) in [5.74, 6) is 3.42. The van der Waals surface area contributed by atoms with Crippen LogP contribution in [0, 0.1) is 17.8 Å². The second kappa shape index (κ2) is 13.9. The number of phenolic OH excluding ortho intramolecular Hbond substituents is 3. The smallest absolute Gasteiger partial charge is 0.207 e. The lowest BCUT2D eigenvalue weighted by Crippen LogP contribution is -2.41. The highest BCUT2D eigenvalue weighted by Gasteiger charge is 2.48. The average molecular weight is 709 g/mol. The Morgan fingerprint density at radius 1 is 0.959 bits per heavy atom. The van der Waals surface area contributed by atoms with Crippen LogP contribution in [0.2, 0.25) is 0 Å². The molecule has 0 amide bonds. The second-order valence-electron chi connectivity index (χ2n) is 14.6. The number of rotatable bonds is 7. The van der Waals surface area contributed by atoms with Gasteiger partial charge in [-0.2, -0.15) is 0 Å². The van der Waals surface area contributed by atoms with Crippen LogP contribution in [0.4, 0.5) is 0 Å².